The van der Waals surface area contributed by atoms with Crippen LogP contribution in [0.1, 0.15) is 45.8 Å². The Morgan fingerprint density at radius 1 is 1.06 bits per heavy atom. The van der Waals surface area contributed by atoms with Gasteiger partial charge in [-0.05, 0) is 58.2 Å². The lowest BCUT2D eigenvalue weighted by Crippen LogP contribution is -2.40. The number of nitrogens with zero attached hydrogens (tertiary/aromatic N) is 5. The number of thioether (sulfide) groups is 1. The fourth-order valence-corrected chi connectivity index (χ4v) is 5.49. The summed E-state index contributed by atoms with van der Waals surface area (Å²) in [5.74, 6) is 1.10. The Morgan fingerprint density at radius 3 is 2.52 bits per heavy atom. The van der Waals surface area contributed by atoms with Crippen LogP contribution >= 0.6 is 23.1 Å². The molecule has 0 radical (unpaired) electrons. The molecule has 9 heteroatoms. The summed E-state index contributed by atoms with van der Waals surface area (Å²) in [5, 5.41) is 7.25. The van der Waals surface area contributed by atoms with Crippen LogP contribution in [0.4, 0.5) is 0 Å². The molecule has 0 spiro atoms. The van der Waals surface area contributed by atoms with Gasteiger partial charge in [-0.15, -0.1) is 11.3 Å². The van der Waals surface area contributed by atoms with E-state index in [1.807, 2.05) is 48.7 Å². The van der Waals surface area contributed by atoms with Crippen molar-refractivity contribution in [3.63, 3.8) is 0 Å². The van der Waals surface area contributed by atoms with Crippen molar-refractivity contribution in [2.45, 2.75) is 63.7 Å². The predicted octanol–water partition coefficient (Wildman–Crippen LogP) is 5.48. The van der Waals surface area contributed by atoms with Gasteiger partial charge in [-0.25, -0.2) is 4.98 Å². The number of rotatable bonds is 9. The standard InChI is InChI=1S/C24H29N5O2S2/c1-15(2)28(16(3)4)12-13-29-23(30)18-9-6-7-10-19(18)25-24(29)33-17(5)22-26-21(27-31-22)20-11-8-14-32-20/h6-11,14-17H,12-13H2,1-5H3. The highest BCUT2D eigenvalue weighted by molar-refractivity contribution is 7.99. The zero-order chi connectivity index (χ0) is 23.5. The number of para-hydroxylation sites is 1. The van der Waals surface area contributed by atoms with E-state index < -0.39 is 0 Å². The Labute approximate surface area is 201 Å². The van der Waals surface area contributed by atoms with Gasteiger partial charge in [0, 0.05) is 25.2 Å². The van der Waals surface area contributed by atoms with Crippen LogP contribution in [0.15, 0.2) is 56.3 Å². The molecule has 174 valence electrons. The van der Waals surface area contributed by atoms with E-state index >= 15 is 0 Å². The van der Waals surface area contributed by atoms with Gasteiger partial charge in [0.05, 0.1) is 21.0 Å². The maximum Gasteiger partial charge on any atom is 0.262 e. The second kappa shape index (κ2) is 10.2. The number of thiophene rings is 1. The van der Waals surface area contributed by atoms with E-state index in [4.69, 9.17) is 9.51 Å². The Bertz CT molecular complexity index is 1260. The molecule has 0 aliphatic carbocycles. The highest BCUT2D eigenvalue weighted by atomic mass is 32.2. The molecule has 0 bridgehead atoms. The highest BCUT2D eigenvalue weighted by Gasteiger charge is 2.22. The third-order valence-electron chi connectivity index (χ3n) is 5.55. The minimum absolute atomic E-state index is 0.0208. The fraction of sp³-hybridized carbons (Fsp3) is 0.417. The summed E-state index contributed by atoms with van der Waals surface area (Å²) in [7, 11) is 0. The molecule has 4 rings (SSSR count). The first-order valence-electron chi connectivity index (χ1n) is 11.1. The minimum atomic E-state index is -0.156. The van der Waals surface area contributed by atoms with Gasteiger partial charge in [0.1, 0.15) is 0 Å². The van der Waals surface area contributed by atoms with Crippen LogP contribution < -0.4 is 5.56 Å². The number of aromatic nitrogens is 4. The van der Waals surface area contributed by atoms with Gasteiger partial charge in [-0.2, -0.15) is 4.98 Å². The second-order valence-corrected chi connectivity index (χ2v) is 10.7. The minimum Gasteiger partial charge on any atom is -0.338 e. The lowest BCUT2D eigenvalue weighted by atomic mass is 10.2. The van der Waals surface area contributed by atoms with Gasteiger partial charge in [0.2, 0.25) is 11.7 Å². The third kappa shape index (κ3) is 5.20. The van der Waals surface area contributed by atoms with E-state index in [1.165, 1.54) is 11.8 Å². The molecular formula is C24H29N5O2S2. The monoisotopic (exact) mass is 483 g/mol. The summed E-state index contributed by atoms with van der Waals surface area (Å²) >= 11 is 3.04. The maximum atomic E-state index is 13.4. The first-order valence-corrected chi connectivity index (χ1v) is 12.9. The van der Waals surface area contributed by atoms with Crippen molar-refractivity contribution in [1.29, 1.82) is 0 Å². The molecule has 1 atom stereocenters. The molecule has 3 aromatic heterocycles. The van der Waals surface area contributed by atoms with E-state index in [0.717, 1.165) is 11.4 Å². The van der Waals surface area contributed by atoms with Gasteiger partial charge >= 0.3 is 0 Å². The van der Waals surface area contributed by atoms with Crippen molar-refractivity contribution in [3.05, 3.63) is 58.0 Å². The molecule has 33 heavy (non-hydrogen) atoms. The number of hydrogen-bond donors (Lipinski definition) is 0. The summed E-state index contributed by atoms with van der Waals surface area (Å²) in [6, 6.07) is 12.2. The Kier molecular flexibility index (Phi) is 7.31. The molecule has 0 saturated carbocycles. The predicted molar refractivity (Wildman–Crippen MR) is 135 cm³/mol. The molecule has 0 saturated heterocycles. The van der Waals surface area contributed by atoms with Gasteiger partial charge in [-0.1, -0.05) is 35.1 Å². The Hall–Kier alpha value is -2.49. The summed E-state index contributed by atoms with van der Waals surface area (Å²) in [6.45, 7) is 12.0. The highest BCUT2D eigenvalue weighted by Crippen LogP contribution is 2.34. The van der Waals surface area contributed by atoms with Crippen molar-refractivity contribution in [2.24, 2.45) is 0 Å². The quantitative estimate of drug-likeness (QED) is 0.230. The summed E-state index contributed by atoms with van der Waals surface area (Å²) < 4.78 is 7.33. The molecule has 4 aromatic rings. The zero-order valence-electron chi connectivity index (χ0n) is 19.6. The van der Waals surface area contributed by atoms with Crippen LogP contribution in [0, 0.1) is 0 Å². The lowest BCUT2D eigenvalue weighted by molar-refractivity contribution is 0.166. The van der Waals surface area contributed by atoms with Crippen LogP contribution in [0.2, 0.25) is 0 Å². The van der Waals surface area contributed by atoms with E-state index in [2.05, 4.69) is 42.7 Å². The van der Waals surface area contributed by atoms with Gasteiger partial charge in [0.15, 0.2) is 5.16 Å². The van der Waals surface area contributed by atoms with Crippen molar-refractivity contribution in [1.82, 2.24) is 24.6 Å². The molecule has 0 aliphatic heterocycles. The van der Waals surface area contributed by atoms with Crippen molar-refractivity contribution in [3.8, 4) is 10.7 Å². The van der Waals surface area contributed by atoms with E-state index in [-0.39, 0.29) is 10.8 Å². The van der Waals surface area contributed by atoms with E-state index in [0.29, 0.717) is 46.4 Å². The van der Waals surface area contributed by atoms with Crippen LogP contribution in [0.3, 0.4) is 0 Å². The molecule has 1 unspecified atom stereocenters. The van der Waals surface area contributed by atoms with E-state index in [9.17, 15) is 4.79 Å². The molecule has 1 aromatic carbocycles. The number of fused-ring (bicyclic) bond motifs is 1. The van der Waals surface area contributed by atoms with Crippen molar-refractivity contribution in [2.75, 3.05) is 6.54 Å². The third-order valence-corrected chi connectivity index (χ3v) is 7.49. The molecule has 0 amide bonds. The average molecular weight is 484 g/mol. The first-order chi connectivity index (χ1) is 15.8. The Balaban J connectivity index is 1.65. The van der Waals surface area contributed by atoms with Crippen molar-refractivity contribution < 1.29 is 4.52 Å². The zero-order valence-corrected chi connectivity index (χ0v) is 21.2. The van der Waals surface area contributed by atoms with E-state index in [1.54, 1.807) is 15.9 Å². The topological polar surface area (TPSA) is 77.1 Å². The molecule has 3 heterocycles. The molecule has 0 N–H and O–H groups in total. The molecule has 0 aliphatic rings. The summed E-state index contributed by atoms with van der Waals surface area (Å²) in [6.07, 6.45) is 0. The van der Waals surface area contributed by atoms with Gasteiger partial charge in [0.25, 0.3) is 5.56 Å². The molecule has 0 fully saturated rings. The normalized spacial score (nSPS) is 13.0. The van der Waals surface area contributed by atoms with Gasteiger partial charge in [-0.3, -0.25) is 14.3 Å². The van der Waals surface area contributed by atoms with Gasteiger partial charge < -0.3 is 4.52 Å². The Morgan fingerprint density at radius 2 is 1.82 bits per heavy atom. The van der Waals surface area contributed by atoms with Crippen LogP contribution in [0.5, 0.6) is 0 Å². The largest absolute Gasteiger partial charge is 0.338 e. The fourth-order valence-electron chi connectivity index (χ4n) is 3.88. The van der Waals surface area contributed by atoms with Crippen LogP contribution in [-0.2, 0) is 6.54 Å². The summed E-state index contributed by atoms with van der Waals surface area (Å²) in [5.41, 5.74) is 0.676. The average Bonchev–Trinajstić information content (AvgIpc) is 3.47. The van der Waals surface area contributed by atoms with Crippen LogP contribution in [-0.4, -0.2) is 43.2 Å². The number of hydrogen-bond acceptors (Lipinski definition) is 8. The second-order valence-electron chi connectivity index (χ2n) is 8.49. The molecule has 7 nitrogen and oxygen atoms in total. The first kappa shape index (κ1) is 23.7. The summed E-state index contributed by atoms with van der Waals surface area (Å²) in [4.78, 5) is 26.2. The smallest absolute Gasteiger partial charge is 0.262 e. The van der Waals surface area contributed by atoms with Crippen LogP contribution in [0.25, 0.3) is 21.6 Å². The SMILES string of the molecule is CC(Sc1nc2ccccc2c(=O)n1CCN(C(C)C)C(C)C)c1nc(-c2cccs2)no1. The lowest BCUT2D eigenvalue weighted by Gasteiger charge is -2.31. The molecular weight excluding hydrogens is 454 g/mol. The maximum absolute atomic E-state index is 13.4. The number of benzene rings is 1. The van der Waals surface area contributed by atoms with Crippen molar-refractivity contribution >= 4 is 34.0 Å².